The van der Waals surface area contributed by atoms with Crippen LogP contribution in [0.25, 0.3) is 0 Å². The van der Waals surface area contributed by atoms with Crippen LogP contribution in [0.1, 0.15) is 0 Å². The molecule has 1 aromatic carbocycles. The van der Waals surface area contributed by atoms with Crippen LogP contribution in [0, 0.1) is 5.82 Å². The fourth-order valence-corrected chi connectivity index (χ4v) is 1.90. The van der Waals surface area contributed by atoms with E-state index in [4.69, 9.17) is 4.74 Å². The molecule has 0 N–H and O–H groups in total. The van der Waals surface area contributed by atoms with E-state index in [1.165, 1.54) is 12.1 Å². The van der Waals surface area contributed by atoms with E-state index in [0.717, 1.165) is 12.1 Å². The molecule has 0 spiro atoms. The molecular weight excluding hydrogens is 255 g/mol. The van der Waals surface area contributed by atoms with Gasteiger partial charge in [-0.25, -0.2) is 17.6 Å². The van der Waals surface area contributed by atoms with Crippen molar-refractivity contribution in [3.8, 4) is 5.75 Å². The molecule has 1 unspecified atom stereocenters. The molecule has 0 aliphatic carbocycles. The van der Waals surface area contributed by atoms with Crippen molar-refractivity contribution in [2.24, 2.45) is 0 Å². The number of carbonyl (C=O) groups is 1. The van der Waals surface area contributed by atoms with E-state index in [1.54, 1.807) is 0 Å². The summed E-state index contributed by atoms with van der Waals surface area (Å²) < 4.78 is 47.3. The number of halogens is 1. The minimum Gasteiger partial charge on any atom is -0.425 e. The zero-order valence-corrected chi connectivity index (χ0v) is 9.15. The molecule has 92 valence electrons. The van der Waals surface area contributed by atoms with Crippen molar-refractivity contribution in [1.82, 2.24) is 0 Å². The van der Waals surface area contributed by atoms with Crippen molar-refractivity contribution in [3.05, 3.63) is 30.1 Å². The number of esters is 1. The van der Waals surface area contributed by atoms with E-state index in [1.807, 2.05) is 0 Å². The molecule has 1 atom stereocenters. The van der Waals surface area contributed by atoms with E-state index >= 15 is 0 Å². The number of rotatable bonds is 2. The molecule has 1 aliphatic heterocycles. The predicted octanol–water partition coefficient (Wildman–Crippen LogP) is 0.391. The maximum absolute atomic E-state index is 12.6. The Balaban J connectivity index is 2.01. The zero-order valence-electron chi connectivity index (χ0n) is 8.33. The Morgan fingerprint density at radius 1 is 1.35 bits per heavy atom. The van der Waals surface area contributed by atoms with Crippen LogP contribution in [0.15, 0.2) is 24.3 Å². The van der Waals surface area contributed by atoms with Gasteiger partial charge in [-0.1, -0.05) is 0 Å². The highest BCUT2D eigenvalue weighted by Crippen LogP contribution is 2.17. The van der Waals surface area contributed by atoms with Crippen molar-refractivity contribution in [3.63, 3.8) is 0 Å². The van der Waals surface area contributed by atoms with Crippen LogP contribution < -0.4 is 4.74 Å². The van der Waals surface area contributed by atoms with E-state index in [2.05, 4.69) is 8.37 Å². The summed E-state index contributed by atoms with van der Waals surface area (Å²) in [5.41, 5.74) is 0. The molecular formula is C9H7FO6S. The number of benzene rings is 1. The maximum Gasteiger partial charge on any atom is 0.400 e. The number of hydrogen-bond donors (Lipinski definition) is 0. The van der Waals surface area contributed by atoms with Crippen molar-refractivity contribution in [2.75, 3.05) is 6.61 Å². The molecule has 1 aromatic rings. The monoisotopic (exact) mass is 262 g/mol. The van der Waals surface area contributed by atoms with Gasteiger partial charge in [-0.2, -0.15) is 8.42 Å². The third-order valence-electron chi connectivity index (χ3n) is 1.89. The summed E-state index contributed by atoms with van der Waals surface area (Å²) in [6, 6.07) is 4.67. The number of ether oxygens (including phenoxy) is 1. The Hall–Kier alpha value is -1.51. The molecule has 0 aromatic heterocycles. The second-order valence-electron chi connectivity index (χ2n) is 3.15. The summed E-state index contributed by atoms with van der Waals surface area (Å²) in [5.74, 6) is -1.31. The lowest BCUT2D eigenvalue weighted by Gasteiger charge is -2.06. The average molecular weight is 262 g/mol. The Kier molecular flexibility index (Phi) is 3.09. The van der Waals surface area contributed by atoms with Crippen LogP contribution in [0.4, 0.5) is 4.39 Å². The van der Waals surface area contributed by atoms with Crippen LogP contribution in [0.5, 0.6) is 5.75 Å². The summed E-state index contributed by atoms with van der Waals surface area (Å²) in [6.45, 7) is -0.428. The van der Waals surface area contributed by atoms with Gasteiger partial charge in [0.2, 0.25) is 6.10 Å². The number of carbonyl (C=O) groups excluding carboxylic acids is 1. The molecule has 0 bridgehead atoms. The SMILES string of the molecule is O=C(Oc1ccc(F)cc1)C1COS(=O)(=O)O1. The predicted molar refractivity (Wildman–Crippen MR) is 51.8 cm³/mol. The van der Waals surface area contributed by atoms with E-state index < -0.39 is 34.9 Å². The van der Waals surface area contributed by atoms with Gasteiger partial charge in [0.25, 0.3) is 0 Å². The highest BCUT2D eigenvalue weighted by molar-refractivity contribution is 7.82. The van der Waals surface area contributed by atoms with Crippen LogP contribution >= 0.6 is 0 Å². The fraction of sp³-hybridized carbons (Fsp3) is 0.222. The van der Waals surface area contributed by atoms with E-state index in [-0.39, 0.29) is 5.75 Å². The van der Waals surface area contributed by atoms with Gasteiger partial charge in [-0.3, -0.25) is 0 Å². The Labute approximate surface area is 96.2 Å². The first-order chi connectivity index (χ1) is 7.96. The van der Waals surface area contributed by atoms with Gasteiger partial charge < -0.3 is 4.74 Å². The fourth-order valence-electron chi connectivity index (χ4n) is 1.13. The molecule has 1 saturated heterocycles. The van der Waals surface area contributed by atoms with Crippen LogP contribution in [0.2, 0.25) is 0 Å². The molecule has 2 rings (SSSR count). The lowest BCUT2D eigenvalue weighted by molar-refractivity contribution is -0.141. The lowest BCUT2D eigenvalue weighted by atomic mass is 10.3. The minimum atomic E-state index is -4.10. The van der Waals surface area contributed by atoms with Crippen LogP contribution in [0.3, 0.4) is 0 Å². The molecule has 1 heterocycles. The first-order valence-corrected chi connectivity index (χ1v) is 5.84. The quantitative estimate of drug-likeness (QED) is 0.566. The zero-order chi connectivity index (χ0) is 12.5. The van der Waals surface area contributed by atoms with Gasteiger partial charge in [0.1, 0.15) is 18.2 Å². The second kappa shape index (κ2) is 4.40. The molecule has 17 heavy (non-hydrogen) atoms. The molecule has 6 nitrogen and oxygen atoms in total. The van der Waals surface area contributed by atoms with Gasteiger partial charge >= 0.3 is 16.4 Å². The van der Waals surface area contributed by atoms with Gasteiger partial charge in [0, 0.05) is 0 Å². The first kappa shape index (κ1) is 12.0. The average Bonchev–Trinajstić information content (AvgIpc) is 2.62. The van der Waals surface area contributed by atoms with Gasteiger partial charge in [-0.05, 0) is 24.3 Å². The second-order valence-corrected chi connectivity index (χ2v) is 4.40. The van der Waals surface area contributed by atoms with Gasteiger partial charge in [0.05, 0.1) is 0 Å². The van der Waals surface area contributed by atoms with Crippen LogP contribution in [-0.2, 0) is 23.6 Å². The minimum absolute atomic E-state index is 0.0873. The standard InChI is InChI=1S/C9H7FO6S/c10-6-1-3-7(4-2-6)15-9(11)8-5-14-17(12,13)16-8/h1-4,8H,5H2. The molecule has 1 fully saturated rings. The van der Waals surface area contributed by atoms with Crippen molar-refractivity contribution < 1.29 is 30.7 Å². The highest BCUT2D eigenvalue weighted by atomic mass is 32.3. The Morgan fingerprint density at radius 3 is 2.53 bits per heavy atom. The van der Waals surface area contributed by atoms with Crippen LogP contribution in [-0.4, -0.2) is 27.1 Å². The number of hydrogen-bond acceptors (Lipinski definition) is 6. The first-order valence-electron chi connectivity index (χ1n) is 4.51. The largest absolute Gasteiger partial charge is 0.425 e. The molecule has 1 aliphatic rings. The third-order valence-corrected chi connectivity index (χ3v) is 2.79. The summed E-state index contributed by atoms with van der Waals surface area (Å²) in [4.78, 5) is 11.4. The van der Waals surface area contributed by atoms with Gasteiger partial charge in [0.15, 0.2) is 0 Å². The molecule has 0 radical (unpaired) electrons. The Morgan fingerprint density at radius 2 is 2.00 bits per heavy atom. The van der Waals surface area contributed by atoms with E-state index in [0.29, 0.717) is 0 Å². The smallest absolute Gasteiger partial charge is 0.400 e. The topological polar surface area (TPSA) is 78.9 Å². The highest BCUT2D eigenvalue weighted by Gasteiger charge is 2.36. The summed E-state index contributed by atoms with van der Waals surface area (Å²) in [6.07, 6.45) is -1.33. The summed E-state index contributed by atoms with van der Waals surface area (Å²) >= 11 is 0. The van der Waals surface area contributed by atoms with Crippen molar-refractivity contribution in [1.29, 1.82) is 0 Å². The maximum atomic E-state index is 12.6. The summed E-state index contributed by atoms with van der Waals surface area (Å²) in [5, 5.41) is 0. The molecule has 0 saturated carbocycles. The van der Waals surface area contributed by atoms with E-state index in [9.17, 15) is 17.6 Å². The molecule has 0 amide bonds. The molecule has 8 heteroatoms. The third kappa shape index (κ3) is 2.99. The normalized spacial score (nSPS) is 22.3. The van der Waals surface area contributed by atoms with Gasteiger partial charge in [-0.15, -0.1) is 0 Å². The van der Waals surface area contributed by atoms with Crippen molar-refractivity contribution >= 4 is 16.4 Å². The Bertz CT molecular complexity index is 523. The van der Waals surface area contributed by atoms with Crippen molar-refractivity contribution in [2.45, 2.75) is 6.10 Å². The summed E-state index contributed by atoms with van der Waals surface area (Å²) in [7, 11) is -4.10. The lowest BCUT2D eigenvalue weighted by Crippen LogP contribution is -2.27.